The van der Waals surface area contributed by atoms with E-state index in [1.54, 1.807) is 0 Å². The van der Waals surface area contributed by atoms with Crippen molar-refractivity contribution < 1.29 is 4.74 Å². The number of aryl methyl sites for hydroxylation is 4. The van der Waals surface area contributed by atoms with E-state index in [0.717, 1.165) is 18.7 Å². The highest BCUT2D eigenvalue weighted by Gasteiger charge is 2.05. The molecule has 0 saturated carbocycles. The molecule has 2 aromatic carbocycles. The Hall–Kier alpha value is -1.96. The zero-order valence-corrected chi connectivity index (χ0v) is 13.5. The number of hydrogen-bond acceptors (Lipinski definition) is 2. The van der Waals surface area contributed by atoms with Gasteiger partial charge in [-0.15, -0.1) is 0 Å². The first-order valence-electron chi connectivity index (χ1n) is 7.65. The molecule has 0 radical (unpaired) electrons. The largest absolute Gasteiger partial charge is 0.491 e. The van der Waals surface area contributed by atoms with Gasteiger partial charge in [0.25, 0.3) is 0 Å². The lowest BCUT2D eigenvalue weighted by Crippen LogP contribution is -2.14. The standard InChI is InChI=1S/C19H25NO/c1-5-17-11-7-8-14(2)18(17)20-12-13-21-19-15(3)9-6-10-16(19)4/h6-11,20H,5,12-13H2,1-4H3. The van der Waals surface area contributed by atoms with E-state index in [4.69, 9.17) is 4.74 Å². The molecule has 0 unspecified atom stereocenters. The maximum Gasteiger partial charge on any atom is 0.125 e. The summed E-state index contributed by atoms with van der Waals surface area (Å²) in [6, 6.07) is 12.7. The first-order valence-corrected chi connectivity index (χ1v) is 7.65. The van der Waals surface area contributed by atoms with Crippen LogP contribution in [0.4, 0.5) is 5.69 Å². The molecule has 1 N–H and O–H groups in total. The van der Waals surface area contributed by atoms with Gasteiger partial charge in [-0.05, 0) is 49.4 Å². The van der Waals surface area contributed by atoms with Crippen LogP contribution in [0.25, 0.3) is 0 Å². The Morgan fingerprint density at radius 1 is 0.905 bits per heavy atom. The molecule has 0 spiro atoms. The van der Waals surface area contributed by atoms with Crippen LogP contribution in [0.2, 0.25) is 0 Å². The Labute approximate surface area is 128 Å². The summed E-state index contributed by atoms with van der Waals surface area (Å²) in [5, 5.41) is 3.52. The fourth-order valence-electron chi connectivity index (χ4n) is 2.63. The lowest BCUT2D eigenvalue weighted by Gasteiger charge is -2.16. The van der Waals surface area contributed by atoms with Gasteiger partial charge in [-0.25, -0.2) is 0 Å². The Kier molecular flexibility index (Phi) is 5.26. The average Bonchev–Trinajstić information content (AvgIpc) is 2.47. The molecule has 0 aliphatic heterocycles. The van der Waals surface area contributed by atoms with Gasteiger partial charge in [0, 0.05) is 12.2 Å². The molecule has 112 valence electrons. The smallest absolute Gasteiger partial charge is 0.125 e. The predicted octanol–water partition coefficient (Wildman–Crippen LogP) is 4.67. The number of ether oxygens (including phenoxy) is 1. The first-order chi connectivity index (χ1) is 10.1. The van der Waals surface area contributed by atoms with Gasteiger partial charge in [0.1, 0.15) is 12.4 Å². The lowest BCUT2D eigenvalue weighted by atomic mass is 10.1. The number of anilines is 1. The Balaban J connectivity index is 1.94. The summed E-state index contributed by atoms with van der Waals surface area (Å²) in [5.41, 5.74) is 6.30. The minimum absolute atomic E-state index is 0.670. The topological polar surface area (TPSA) is 21.3 Å². The van der Waals surface area contributed by atoms with Gasteiger partial charge in [0.15, 0.2) is 0 Å². The number of benzene rings is 2. The van der Waals surface area contributed by atoms with Crippen molar-refractivity contribution in [1.82, 2.24) is 0 Å². The van der Waals surface area contributed by atoms with Crippen LogP contribution >= 0.6 is 0 Å². The molecule has 0 atom stereocenters. The maximum absolute atomic E-state index is 5.94. The van der Waals surface area contributed by atoms with E-state index in [-0.39, 0.29) is 0 Å². The molecule has 0 heterocycles. The van der Waals surface area contributed by atoms with Crippen LogP contribution in [-0.2, 0) is 6.42 Å². The molecule has 0 fully saturated rings. The molecule has 2 nitrogen and oxygen atoms in total. The molecule has 2 heteroatoms. The predicted molar refractivity (Wildman–Crippen MR) is 90.5 cm³/mol. The molecule has 21 heavy (non-hydrogen) atoms. The quantitative estimate of drug-likeness (QED) is 0.778. The fourth-order valence-corrected chi connectivity index (χ4v) is 2.63. The second-order valence-electron chi connectivity index (χ2n) is 5.46. The molecule has 2 aromatic rings. The molecule has 0 aliphatic carbocycles. The van der Waals surface area contributed by atoms with Crippen LogP contribution < -0.4 is 10.1 Å². The van der Waals surface area contributed by atoms with Crippen molar-refractivity contribution in [3.63, 3.8) is 0 Å². The van der Waals surface area contributed by atoms with E-state index in [0.29, 0.717) is 6.61 Å². The third-order valence-electron chi connectivity index (χ3n) is 3.80. The Morgan fingerprint density at radius 2 is 1.52 bits per heavy atom. The summed E-state index contributed by atoms with van der Waals surface area (Å²) in [6.07, 6.45) is 1.04. The van der Waals surface area contributed by atoms with Crippen LogP contribution in [0.15, 0.2) is 36.4 Å². The first kappa shape index (κ1) is 15.4. The normalized spacial score (nSPS) is 10.5. The van der Waals surface area contributed by atoms with Gasteiger partial charge in [-0.3, -0.25) is 0 Å². The molecule has 0 aromatic heterocycles. The summed E-state index contributed by atoms with van der Waals surface area (Å²) in [6.45, 7) is 9.99. The van der Waals surface area contributed by atoms with Crippen LogP contribution in [0, 0.1) is 20.8 Å². The molecule has 0 aliphatic rings. The number of nitrogens with one attached hydrogen (secondary N) is 1. The van der Waals surface area contributed by atoms with Crippen molar-refractivity contribution in [2.24, 2.45) is 0 Å². The zero-order chi connectivity index (χ0) is 15.2. The third-order valence-corrected chi connectivity index (χ3v) is 3.80. The summed E-state index contributed by atoms with van der Waals surface area (Å²) >= 11 is 0. The number of para-hydroxylation sites is 2. The lowest BCUT2D eigenvalue weighted by molar-refractivity contribution is 0.328. The van der Waals surface area contributed by atoms with Crippen molar-refractivity contribution in [2.45, 2.75) is 34.1 Å². The SMILES string of the molecule is CCc1cccc(C)c1NCCOc1c(C)cccc1C. The minimum atomic E-state index is 0.670. The van der Waals surface area contributed by atoms with E-state index in [1.165, 1.54) is 27.9 Å². The highest BCUT2D eigenvalue weighted by Crippen LogP contribution is 2.23. The maximum atomic E-state index is 5.94. The summed E-state index contributed by atoms with van der Waals surface area (Å²) < 4.78 is 5.94. The van der Waals surface area contributed by atoms with Crippen molar-refractivity contribution in [2.75, 3.05) is 18.5 Å². The Bertz CT molecular complexity index is 584. The van der Waals surface area contributed by atoms with Gasteiger partial charge in [0.05, 0.1) is 0 Å². The van der Waals surface area contributed by atoms with Crippen LogP contribution in [0.3, 0.4) is 0 Å². The van der Waals surface area contributed by atoms with Gasteiger partial charge in [-0.1, -0.05) is 43.3 Å². The molecule has 0 saturated heterocycles. The second-order valence-corrected chi connectivity index (χ2v) is 5.46. The highest BCUT2D eigenvalue weighted by atomic mass is 16.5. The van der Waals surface area contributed by atoms with E-state index in [9.17, 15) is 0 Å². The van der Waals surface area contributed by atoms with Crippen LogP contribution in [0.1, 0.15) is 29.2 Å². The average molecular weight is 283 g/mol. The molecular formula is C19H25NO. The van der Waals surface area contributed by atoms with Crippen molar-refractivity contribution >= 4 is 5.69 Å². The van der Waals surface area contributed by atoms with E-state index in [2.05, 4.69) is 69.4 Å². The minimum Gasteiger partial charge on any atom is -0.491 e. The van der Waals surface area contributed by atoms with Gasteiger partial charge in [-0.2, -0.15) is 0 Å². The summed E-state index contributed by atoms with van der Waals surface area (Å²) in [4.78, 5) is 0. The summed E-state index contributed by atoms with van der Waals surface area (Å²) in [5.74, 6) is 1.01. The van der Waals surface area contributed by atoms with Crippen molar-refractivity contribution in [3.8, 4) is 5.75 Å². The van der Waals surface area contributed by atoms with Gasteiger partial charge >= 0.3 is 0 Å². The zero-order valence-electron chi connectivity index (χ0n) is 13.5. The molecule has 0 amide bonds. The van der Waals surface area contributed by atoms with Crippen LogP contribution in [-0.4, -0.2) is 13.2 Å². The van der Waals surface area contributed by atoms with E-state index < -0.39 is 0 Å². The van der Waals surface area contributed by atoms with Gasteiger partial charge < -0.3 is 10.1 Å². The van der Waals surface area contributed by atoms with E-state index in [1.807, 2.05) is 0 Å². The molecule has 0 bridgehead atoms. The van der Waals surface area contributed by atoms with E-state index >= 15 is 0 Å². The monoisotopic (exact) mass is 283 g/mol. The number of rotatable bonds is 6. The second kappa shape index (κ2) is 7.16. The highest BCUT2D eigenvalue weighted by molar-refractivity contribution is 5.57. The fraction of sp³-hybridized carbons (Fsp3) is 0.368. The van der Waals surface area contributed by atoms with Gasteiger partial charge in [0.2, 0.25) is 0 Å². The number of hydrogen-bond donors (Lipinski definition) is 1. The summed E-state index contributed by atoms with van der Waals surface area (Å²) in [7, 11) is 0. The molecular weight excluding hydrogens is 258 g/mol. The van der Waals surface area contributed by atoms with Crippen LogP contribution in [0.5, 0.6) is 5.75 Å². The third kappa shape index (κ3) is 3.78. The van der Waals surface area contributed by atoms with Crippen molar-refractivity contribution in [1.29, 1.82) is 0 Å². The van der Waals surface area contributed by atoms with Crippen molar-refractivity contribution in [3.05, 3.63) is 58.7 Å². The molecule has 2 rings (SSSR count). The Morgan fingerprint density at radius 3 is 2.19 bits per heavy atom.